The van der Waals surface area contributed by atoms with Crippen LogP contribution in [0, 0.1) is 26.7 Å². The van der Waals surface area contributed by atoms with E-state index in [0.717, 1.165) is 54.1 Å². The van der Waals surface area contributed by atoms with Gasteiger partial charge in [-0.3, -0.25) is 4.79 Å². The van der Waals surface area contributed by atoms with Crippen LogP contribution in [-0.4, -0.2) is 29.0 Å². The predicted octanol–water partition coefficient (Wildman–Crippen LogP) is 4.66. The molecule has 4 rings (SSSR count). The Balaban J connectivity index is 1.49. The summed E-state index contributed by atoms with van der Waals surface area (Å²) in [5.74, 6) is 2.48. The van der Waals surface area contributed by atoms with Crippen LogP contribution in [-0.2, 0) is 4.79 Å². The molecule has 0 unspecified atom stereocenters. The SMILES string of the molecule is Cc1nc(N2CCC(C(=O)Nc3cccc(Cl)c3)CC2)c2c(C)c(C)oc2n1. The first kappa shape index (κ1) is 18.7. The Hall–Kier alpha value is -2.60. The number of nitrogens with one attached hydrogen (secondary N) is 1. The molecule has 146 valence electrons. The van der Waals surface area contributed by atoms with E-state index in [1.807, 2.05) is 32.9 Å². The number of furan rings is 1. The highest BCUT2D eigenvalue weighted by atomic mass is 35.5. The van der Waals surface area contributed by atoms with E-state index in [2.05, 4.69) is 20.2 Å². The number of amides is 1. The monoisotopic (exact) mass is 398 g/mol. The van der Waals surface area contributed by atoms with Crippen LogP contribution < -0.4 is 10.2 Å². The molecule has 3 heterocycles. The van der Waals surface area contributed by atoms with Gasteiger partial charge in [-0.2, -0.15) is 4.98 Å². The van der Waals surface area contributed by atoms with Crippen LogP contribution in [0.1, 0.15) is 30.0 Å². The highest BCUT2D eigenvalue weighted by Crippen LogP contribution is 2.33. The highest BCUT2D eigenvalue weighted by molar-refractivity contribution is 6.30. The van der Waals surface area contributed by atoms with Gasteiger partial charge in [0.1, 0.15) is 17.4 Å². The number of benzene rings is 1. The van der Waals surface area contributed by atoms with Crippen LogP contribution in [0.3, 0.4) is 0 Å². The standard InChI is InChI=1S/C21H23ClN4O2/c1-12-13(2)28-21-18(12)19(23-14(3)24-21)26-9-7-15(8-10-26)20(27)25-17-6-4-5-16(22)11-17/h4-6,11,15H,7-10H2,1-3H3,(H,25,27). The third-order valence-corrected chi connectivity index (χ3v) is 5.61. The topological polar surface area (TPSA) is 71.3 Å². The Morgan fingerprint density at radius 3 is 2.68 bits per heavy atom. The summed E-state index contributed by atoms with van der Waals surface area (Å²) in [6, 6.07) is 7.24. The molecule has 1 amide bonds. The summed E-state index contributed by atoms with van der Waals surface area (Å²) >= 11 is 6.00. The average molecular weight is 399 g/mol. The van der Waals surface area contributed by atoms with Gasteiger partial charge in [0.25, 0.3) is 0 Å². The predicted molar refractivity (Wildman–Crippen MR) is 111 cm³/mol. The molecule has 6 nitrogen and oxygen atoms in total. The number of nitrogens with zero attached hydrogens (tertiary/aromatic N) is 3. The minimum atomic E-state index is -0.0270. The van der Waals surface area contributed by atoms with E-state index >= 15 is 0 Å². The fourth-order valence-electron chi connectivity index (χ4n) is 3.73. The second-order valence-corrected chi connectivity index (χ2v) is 7.76. The van der Waals surface area contributed by atoms with E-state index in [1.165, 1.54) is 0 Å². The van der Waals surface area contributed by atoms with Gasteiger partial charge in [0, 0.05) is 35.3 Å². The molecule has 0 atom stereocenters. The molecular formula is C21H23ClN4O2. The minimum Gasteiger partial charge on any atom is -0.443 e. The third kappa shape index (κ3) is 3.56. The first-order chi connectivity index (χ1) is 13.4. The summed E-state index contributed by atoms with van der Waals surface area (Å²) in [5, 5.41) is 4.57. The van der Waals surface area contributed by atoms with Crippen LogP contribution in [0.5, 0.6) is 0 Å². The molecule has 7 heteroatoms. The number of halogens is 1. The number of carbonyl (C=O) groups excluding carboxylic acids is 1. The van der Waals surface area contributed by atoms with Crippen LogP contribution in [0.2, 0.25) is 5.02 Å². The van der Waals surface area contributed by atoms with Gasteiger partial charge in [0.05, 0.1) is 5.39 Å². The maximum Gasteiger partial charge on any atom is 0.231 e. The molecule has 1 aromatic carbocycles. The zero-order valence-corrected chi connectivity index (χ0v) is 17.0. The maximum atomic E-state index is 12.6. The largest absolute Gasteiger partial charge is 0.443 e. The Labute approximate surface area is 168 Å². The first-order valence-corrected chi connectivity index (χ1v) is 9.86. The lowest BCUT2D eigenvalue weighted by Crippen LogP contribution is -2.38. The average Bonchev–Trinajstić information content (AvgIpc) is 2.95. The molecule has 1 aliphatic heterocycles. The van der Waals surface area contributed by atoms with E-state index in [0.29, 0.717) is 16.6 Å². The van der Waals surface area contributed by atoms with Gasteiger partial charge in [-0.1, -0.05) is 17.7 Å². The van der Waals surface area contributed by atoms with Gasteiger partial charge in [0.2, 0.25) is 11.6 Å². The van der Waals surface area contributed by atoms with Crippen molar-refractivity contribution in [2.75, 3.05) is 23.3 Å². The van der Waals surface area contributed by atoms with Crippen molar-refractivity contribution in [3.63, 3.8) is 0 Å². The number of fused-ring (bicyclic) bond motifs is 1. The van der Waals surface area contributed by atoms with Crippen molar-refractivity contribution < 1.29 is 9.21 Å². The number of rotatable bonds is 3. The molecule has 0 aliphatic carbocycles. The number of carbonyl (C=O) groups is 1. The summed E-state index contributed by atoms with van der Waals surface area (Å²) in [7, 11) is 0. The van der Waals surface area contributed by atoms with Crippen molar-refractivity contribution in [1.82, 2.24) is 9.97 Å². The summed E-state index contributed by atoms with van der Waals surface area (Å²) < 4.78 is 5.79. The molecule has 0 saturated carbocycles. The molecule has 1 fully saturated rings. The Morgan fingerprint density at radius 1 is 1.21 bits per heavy atom. The van der Waals surface area contributed by atoms with Crippen LogP contribution in [0.15, 0.2) is 28.7 Å². The van der Waals surface area contributed by atoms with E-state index < -0.39 is 0 Å². The van der Waals surface area contributed by atoms with Crippen molar-refractivity contribution >= 4 is 40.1 Å². The van der Waals surface area contributed by atoms with Gasteiger partial charge >= 0.3 is 0 Å². The summed E-state index contributed by atoms with van der Waals surface area (Å²) in [6.07, 6.45) is 1.54. The number of aryl methyl sites for hydroxylation is 3. The van der Waals surface area contributed by atoms with Crippen molar-refractivity contribution in [3.05, 3.63) is 46.4 Å². The number of anilines is 2. The van der Waals surface area contributed by atoms with Gasteiger partial charge in [0.15, 0.2) is 0 Å². The zero-order valence-electron chi connectivity index (χ0n) is 16.3. The summed E-state index contributed by atoms with van der Waals surface area (Å²) in [4.78, 5) is 24.0. The van der Waals surface area contributed by atoms with E-state index in [-0.39, 0.29) is 11.8 Å². The molecule has 0 bridgehead atoms. The van der Waals surface area contributed by atoms with Crippen molar-refractivity contribution in [1.29, 1.82) is 0 Å². The van der Waals surface area contributed by atoms with Crippen LogP contribution >= 0.6 is 11.6 Å². The fraction of sp³-hybridized carbons (Fsp3) is 0.381. The van der Waals surface area contributed by atoms with Crippen LogP contribution in [0.25, 0.3) is 11.1 Å². The summed E-state index contributed by atoms with van der Waals surface area (Å²) in [6.45, 7) is 7.39. The third-order valence-electron chi connectivity index (χ3n) is 5.38. The van der Waals surface area contributed by atoms with Crippen molar-refractivity contribution in [2.45, 2.75) is 33.6 Å². The lowest BCUT2D eigenvalue weighted by molar-refractivity contribution is -0.120. The molecule has 1 N–H and O–H groups in total. The summed E-state index contributed by atoms with van der Waals surface area (Å²) in [5.41, 5.74) is 2.45. The Bertz CT molecular complexity index is 1040. The molecule has 1 saturated heterocycles. The lowest BCUT2D eigenvalue weighted by Gasteiger charge is -2.32. The van der Waals surface area contributed by atoms with Gasteiger partial charge in [-0.25, -0.2) is 4.98 Å². The number of piperidine rings is 1. The minimum absolute atomic E-state index is 0.0270. The van der Waals surface area contributed by atoms with E-state index in [9.17, 15) is 4.79 Å². The number of hydrogen-bond acceptors (Lipinski definition) is 5. The van der Waals surface area contributed by atoms with Gasteiger partial charge in [-0.05, 0) is 51.8 Å². The van der Waals surface area contributed by atoms with E-state index in [1.54, 1.807) is 12.1 Å². The normalized spacial score (nSPS) is 15.2. The second kappa shape index (κ2) is 7.43. The van der Waals surface area contributed by atoms with E-state index in [4.69, 9.17) is 16.0 Å². The smallest absolute Gasteiger partial charge is 0.231 e. The van der Waals surface area contributed by atoms with Gasteiger partial charge < -0.3 is 14.6 Å². The molecule has 28 heavy (non-hydrogen) atoms. The lowest BCUT2D eigenvalue weighted by atomic mass is 9.95. The molecule has 2 aromatic heterocycles. The fourth-order valence-corrected chi connectivity index (χ4v) is 3.92. The number of hydrogen-bond donors (Lipinski definition) is 1. The molecule has 0 radical (unpaired) electrons. The molecule has 3 aromatic rings. The van der Waals surface area contributed by atoms with Crippen molar-refractivity contribution in [2.24, 2.45) is 5.92 Å². The quantitative estimate of drug-likeness (QED) is 0.694. The molecule has 0 spiro atoms. The molecule has 1 aliphatic rings. The number of aromatic nitrogens is 2. The highest BCUT2D eigenvalue weighted by Gasteiger charge is 2.28. The first-order valence-electron chi connectivity index (χ1n) is 9.48. The van der Waals surface area contributed by atoms with Gasteiger partial charge in [-0.15, -0.1) is 0 Å². The second-order valence-electron chi connectivity index (χ2n) is 7.32. The molecular weight excluding hydrogens is 376 g/mol. The maximum absolute atomic E-state index is 12.6. The Kier molecular flexibility index (Phi) is 4.98. The Morgan fingerprint density at radius 2 is 1.96 bits per heavy atom. The van der Waals surface area contributed by atoms with Crippen LogP contribution in [0.4, 0.5) is 11.5 Å². The van der Waals surface area contributed by atoms with Crippen molar-refractivity contribution in [3.8, 4) is 0 Å². The zero-order chi connectivity index (χ0) is 19.8.